The second kappa shape index (κ2) is 6.20. The minimum Gasteiger partial charge on any atom is -0.353 e. The van der Waals surface area contributed by atoms with Crippen molar-refractivity contribution in [1.82, 2.24) is 10.6 Å². The number of rotatable bonds is 6. The maximum atomic E-state index is 13.7. The highest BCUT2D eigenvalue weighted by Gasteiger charge is 2.23. The normalized spacial score (nSPS) is 14.6. The molecule has 98 valence electrons. The van der Waals surface area contributed by atoms with Crippen LogP contribution in [-0.2, 0) is 11.3 Å². The van der Waals surface area contributed by atoms with Crippen LogP contribution in [0, 0.1) is 5.82 Å². The fourth-order valence-electron chi connectivity index (χ4n) is 1.62. The van der Waals surface area contributed by atoms with E-state index in [1.807, 2.05) is 13.1 Å². The first-order chi connectivity index (χ1) is 8.69. The first-order valence-electron chi connectivity index (χ1n) is 6.04. The van der Waals surface area contributed by atoms with E-state index in [1.54, 1.807) is 6.07 Å². The van der Waals surface area contributed by atoms with Gasteiger partial charge < -0.3 is 10.6 Å². The number of carbonyl (C=O) groups excluding carboxylic acids is 1. The zero-order chi connectivity index (χ0) is 13.0. The molecule has 18 heavy (non-hydrogen) atoms. The third-order valence-electron chi connectivity index (χ3n) is 2.68. The highest BCUT2D eigenvalue weighted by atomic mass is 32.2. The van der Waals surface area contributed by atoms with Crippen molar-refractivity contribution in [2.75, 3.05) is 12.8 Å². The van der Waals surface area contributed by atoms with Crippen molar-refractivity contribution in [3.05, 3.63) is 29.6 Å². The molecule has 3 nitrogen and oxygen atoms in total. The number of halogens is 1. The summed E-state index contributed by atoms with van der Waals surface area (Å²) in [5.74, 6) is 0.00637. The molecule has 0 spiro atoms. The van der Waals surface area contributed by atoms with Gasteiger partial charge in [0.1, 0.15) is 5.82 Å². The summed E-state index contributed by atoms with van der Waals surface area (Å²) in [5, 5.41) is 5.85. The van der Waals surface area contributed by atoms with Crippen molar-refractivity contribution in [2.45, 2.75) is 30.3 Å². The van der Waals surface area contributed by atoms with Gasteiger partial charge in [-0.2, -0.15) is 0 Å². The number of carbonyl (C=O) groups is 1. The number of hydrogen-bond acceptors (Lipinski definition) is 3. The lowest BCUT2D eigenvalue weighted by Gasteiger charge is -2.06. The molecular weight excluding hydrogens is 251 g/mol. The Morgan fingerprint density at radius 1 is 1.50 bits per heavy atom. The maximum Gasteiger partial charge on any atom is 0.230 e. The second-order valence-corrected chi connectivity index (χ2v) is 5.44. The van der Waals surface area contributed by atoms with Crippen LogP contribution < -0.4 is 10.6 Å². The van der Waals surface area contributed by atoms with E-state index in [0.29, 0.717) is 17.5 Å². The molecule has 5 heteroatoms. The zero-order valence-electron chi connectivity index (χ0n) is 10.3. The van der Waals surface area contributed by atoms with E-state index in [-0.39, 0.29) is 17.5 Å². The Bertz CT molecular complexity index is 435. The van der Waals surface area contributed by atoms with Gasteiger partial charge in [-0.3, -0.25) is 4.79 Å². The third-order valence-corrected chi connectivity index (χ3v) is 3.73. The summed E-state index contributed by atoms with van der Waals surface area (Å²) in [4.78, 5) is 12.0. The van der Waals surface area contributed by atoms with Crippen LogP contribution in [0.4, 0.5) is 4.39 Å². The highest BCUT2D eigenvalue weighted by molar-refractivity contribution is 8.00. The van der Waals surface area contributed by atoms with Gasteiger partial charge in [-0.25, -0.2) is 4.39 Å². The summed E-state index contributed by atoms with van der Waals surface area (Å²) in [6, 6.07) is 5.48. The molecule has 0 saturated heterocycles. The predicted molar refractivity (Wildman–Crippen MR) is 71.1 cm³/mol. The van der Waals surface area contributed by atoms with Gasteiger partial charge >= 0.3 is 0 Å². The molecule has 1 aliphatic rings. The molecule has 1 saturated carbocycles. The van der Waals surface area contributed by atoms with E-state index in [9.17, 15) is 9.18 Å². The molecule has 1 aliphatic carbocycles. The Balaban J connectivity index is 1.86. The van der Waals surface area contributed by atoms with E-state index in [4.69, 9.17) is 0 Å². The lowest BCUT2D eigenvalue weighted by Crippen LogP contribution is -2.27. The van der Waals surface area contributed by atoms with E-state index in [2.05, 4.69) is 10.6 Å². The van der Waals surface area contributed by atoms with Crippen molar-refractivity contribution in [2.24, 2.45) is 0 Å². The average molecular weight is 268 g/mol. The van der Waals surface area contributed by atoms with Crippen LogP contribution in [0.3, 0.4) is 0 Å². The van der Waals surface area contributed by atoms with E-state index >= 15 is 0 Å². The van der Waals surface area contributed by atoms with Gasteiger partial charge in [-0.1, -0.05) is 6.07 Å². The summed E-state index contributed by atoms with van der Waals surface area (Å²) in [6.45, 7) is 0.643. The molecule has 2 N–H and O–H groups in total. The van der Waals surface area contributed by atoms with Crippen molar-refractivity contribution in [3.63, 3.8) is 0 Å². The monoisotopic (exact) mass is 268 g/mol. The standard InChI is InChI=1S/C13H17FN2OS/c1-15-7-9-2-5-12(11(14)6-9)18-8-13(17)16-10-3-4-10/h2,5-6,10,15H,3-4,7-8H2,1H3,(H,16,17). The Kier molecular flexibility index (Phi) is 4.60. The Labute approximate surface area is 111 Å². The topological polar surface area (TPSA) is 41.1 Å². The van der Waals surface area contributed by atoms with E-state index in [0.717, 1.165) is 18.4 Å². The van der Waals surface area contributed by atoms with Gasteiger partial charge in [0, 0.05) is 17.5 Å². The molecule has 0 radical (unpaired) electrons. The lowest BCUT2D eigenvalue weighted by atomic mass is 10.2. The fraction of sp³-hybridized carbons (Fsp3) is 0.462. The number of thioether (sulfide) groups is 1. The predicted octanol–water partition coefficient (Wildman–Crippen LogP) is 1.92. The van der Waals surface area contributed by atoms with Crippen molar-refractivity contribution in [3.8, 4) is 0 Å². The minimum atomic E-state index is -0.257. The van der Waals surface area contributed by atoms with Gasteiger partial charge in [0.25, 0.3) is 0 Å². The maximum absolute atomic E-state index is 13.7. The first-order valence-corrected chi connectivity index (χ1v) is 7.03. The largest absolute Gasteiger partial charge is 0.353 e. The van der Waals surface area contributed by atoms with Gasteiger partial charge in [0.2, 0.25) is 5.91 Å². The van der Waals surface area contributed by atoms with Crippen LogP contribution in [-0.4, -0.2) is 24.7 Å². The molecule has 2 rings (SSSR count). The molecule has 0 bridgehead atoms. The quantitative estimate of drug-likeness (QED) is 0.774. The Morgan fingerprint density at radius 2 is 2.28 bits per heavy atom. The summed E-state index contributed by atoms with van der Waals surface area (Å²) in [6.07, 6.45) is 2.15. The number of hydrogen-bond donors (Lipinski definition) is 2. The van der Waals surface area contributed by atoms with Crippen molar-refractivity contribution < 1.29 is 9.18 Å². The van der Waals surface area contributed by atoms with Crippen LogP contribution in [0.2, 0.25) is 0 Å². The summed E-state index contributed by atoms with van der Waals surface area (Å²) >= 11 is 1.24. The molecule has 0 atom stereocenters. The SMILES string of the molecule is CNCc1ccc(SCC(=O)NC2CC2)c(F)c1. The van der Waals surface area contributed by atoms with Gasteiger partial charge in [-0.15, -0.1) is 11.8 Å². The summed E-state index contributed by atoms with van der Waals surface area (Å²) in [5.41, 5.74) is 0.904. The molecule has 0 heterocycles. The van der Waals surface area contributed by atoms with Crippen LogP contribution in [0.15, 0.2) is 23.1 Å². The van der Waals surface area contributed by atoms with Crippen LogP contribution in [0.5, 0.6) is 0 Å². The molecule has 1 fully saturated rings. The lowest BCUT2D eigenvalue weighted by molar-refractivity contribution is -0.118. The van der Waals surface area contributed by atoms with E-state index in [1.165, 1.54) is 17.8 Å². The minimum absolute atomic E-state index is 0.0128. The fourth-order valence-corrected chi connectivity index (χ4v) is 2.35. The van der Waals surface area contributed by atoms with Crippen LogP contribution >= 0.6 is 11.8 Å². The smallest absolute Gasteiger partial charge is 0.230 e. The number of amides is 1. The molecule has 0 aliphatic heterocycles. The van der Waals surface area contributed by atoms with E-state index < -0.39 is 0 Å². The summed E-state index contributed by atoms with van der Waals surface area (Å²) in [7, 11) is 1.82. The van der Waals surface area contributed by atoms with Crippen molar-refractivity contribution in [1.29, 1.82) is 0 Å². The third kappa shape index (κ3) is 3.99. The van der Waals surface area contributed by atoms with Crippen molar-refractivity contribution >= 4 is 17.7 Å². The molecular formula is C13H17FN2OS. The second-order valence-electron chi connectivity index (χ2n) is 4.43. The molecule has 1 aromatic rings. The average Bonchev–Trinajstić information content (AvgIpc) is 3.12. The zero-order valence-corrected chi connectivity index (χ0v) is 11.1. The number of nitrogens with one attached hydrogen (secondary N) is 2. The van der Waals surface area contributed by atoms with Gasteiger partial charge in [0.05, 0.1) is 5.75 Å². The molecule has 1 aromatic carbocycles. The first kappa shape index (κ1) is 13.4. The van der Waals surface area contributed by atoms with Crippen LogP contribution in [0.1, 0.15) is 18.4 Å². The number of benzene rings is 1. The Hall–Kier alpha value is -1.07. The summed E-state index contributed by atoms with van der Waals surface area (Å²) < 4.78 is 13.7. The highest BCUT2D eigenvalue weighted by Crippen LogP contribution is 2.23. The molecule has 1 amide bonds. The van der Waals surface area contributed by atoms with Gasteiger partial charge in [0.15, 0.2) is 0 Å². The Morgan fingerprint density at radius 3 is 2.89 bits per heavy atom. The van der Waals surface area contributed by atoms with Crippen LogP contribution in [0.25, 0.3) is 0 Å². The van der Waals surface area contributed by atoms with Gasteiger partial charge in [-0.05, 0) is 37.6 Å². The molecule has 0 aromatic heterocycles. The molecule has 0 unspecified atom stereocenters.